The number of fused-ring (bicyclic) bond motifs is 3. The summed E-state index contributed by atoms with van der Waals surface area (Å²) in [6.45, 7) is -0.613. The van der Waals surface area contributed by atoms with Gasteiger partial charge in [-0.3, -0.25) is 14.4 Å². The van der Waals surface area contributed by atoms with Crippen LogP contribution in [0.1, 0.15) is 41.5 Å². The van der Waals surface area contributed by atoms with Crippen molar-refractivity contribution in [2.45, 2.75) is 0 Å². The largest absolute Gasteiger partial charge is 0.451 e. The summed E-state index contributed by atoms with van der Waals surface area (Å²) in [5.41, 5.74) is 1.03. The molecule has 1 aliphatic rings. The Hall–Kier alpha value is -4.17. The van der Waals surface area contributed by atoms with Gasteiger partial charge in [-0.15, -0.1) is 11.3 Å². The first-order valence-electron chi connectivity index (χ1n) is 9.90. The highest BCUT2D eigenvalue weighted by molar-refractivity contribution is 7.20. The number of hydrogen-bond acceptors (Lipinski definition) is 6. The van der Waals surface area contributed by atoms with E-state index >= 15 is 0 Å². The van der Waals surface area contributed by atoms with E-state index in [4.69, 9.17) is 4.74 Å². The number of nitrogens with one attached hydrogen (secondary N) is 1. The summed E-state index contributed by atoms with van der Waals surface area (Å²) < 4.78 is 19.5. The molecule has 1 amide bonds. The molecular formula is C25H14FNO5S. The third-order valence-electron chi connectivity index (χ3n) is 5.27. The Morgan fingerprint density at radius 1 is 0.879 bits per heavy atom. The maximum Gasteiger partial charge on any atom is 0.348 e. The molecule has 0 atom stereocenters. The van der Waals surface area contributed by atoms with Gasteiger partial charge in [0.1, 0.15) is 10.7 Å². The van der Waals surface area contributed by atoms with Gasteiger partial charge >= 0.3 is 5.97 Å². The van der Waals surface area contributed by atoms with Crippen molar-refractivity contribution < 1.29 is 28.3 Å². The number of thiophene rings is 1. The number of carbonyl (C=O) groups excluding carboxylic acids is 4. The quantitative estimate of drug-likeness (QED) is 0.397. The van der Waals surface area contributed by atoms with Crippen molar-refractivity contribution in [3.05, 3.63) is 99.7 Å². The molecule has 0 radical (unpaired) electrons. The van der Waals surface area contributed by atoms with Crippen molar-refractivity contribution in [3.63, 3.8) is 0 Å². The number of halogens is 1. The number of carbonyl (C=O) groups is 4. The Labute approximate surface area is 190 Å². The minimum Gasteiger partial charge on any atom is -0.451 e. The van der Waals surface area contributed by atoms with Crippen LogP contribution in [0.15, 0.2) is 66.7 Å². The lowest BCUT2D eigenvalue weighted by atomic mass is 9.83. The minimum absolute atomic E-state index is 0.0980. The van der Waals surface area contributed by atoms with Gasteiger partial charge in [-0.25, -0.2) is 9.18 Å². The van der Waals surface area contributed by atoms with Crippen molar-refractivity contribution in [1.29, 1.82) is 0 Å². The Kier molecular flexibility index (Phi) is 5.07. The molecule has 0 fully saturated rings. The Bertz CT molecular complexity index is 1490. The number of anilines is 1. The molecule has 162 valence electrons. The van der Waals surface area contributed by atoms with E-state index in [1.807, 2.05) is 0 Å². The van der Waals surface area contributed by atoms with Gasteiger partial charge in [0.05, 0.1) is 11.3 Å². The zero-order valence-corrected chi connectivity index (χ0v) is 17.7. The molecule has 0 aliphatic heterocycles. The van der Waals surface area contributed by atoms with Crippen LogP contribution >= 0.6 is 11.3 Å². The van der Waals surface area contributed by atoms with E-state index in [1.165, 1.54) is 24.3 Å². The molecule has 1 aliphatic carbocycles. The molecule has 5 rings (SSSR count). The highest BCUT2D eigenvalue weighted by atomic mass is 32.1. The molecule has 33 heavy (non-hydrogen) atoms. The second-order valence-electron chi connectivity index (χ2n) is 7.32. The average Bonchev–Trinajstić information content (AvgIpc) is 3.27. The summed E-state index contributed by atoms with van der Waals surface area (Å²) in [6, 6.07) is 17.0. The zero-order valence-electron chi connectivity index (χ0n) is 16.9. The van der Waals surface area contributed by atoms with Gasteiger partial charge in [-0.1, -0.05) is 42.5 Å². The lowest BCUT2D eigenvalue weighted by molar-refractivity contribution is -0.119. The molecule has 0 saturated heterocycles. The predicted octanol–water partition coefficient (Wildman–Crippen LogP) is 4.61. The summed E-state index contributed by atoms with van der Waals surface area (Å²) in [5.74, 6) is -2.57. The second kappa shape index (κ2) is 8.07. The normalized spacial score (nSPS) is 12.3. The number of esters is 1. The predicted molar refractivity (Wildman–Crippen MR) is 120 cm³/mol. The van der Waals surface area contributed by atoms with Crippen molar-refractivity contribution in [1.82, 2.24) is 0 Å². The van der Waals surface area contributed by atoms with Crippen LogP contribution in [0.4, 0.5) is 10.1 Å². The Balaban J connectivity index is 1.33. The van der Waals surface area contributed by atoms with Gasteiger partial charge in [-0.05, 0) is 24.3 Å². The molecular weight excluding hydrogens is 445 g/mol. The fourth-order valence-electron chi connectivity index (χ4n) is 3.76. The monoisotopic (exact) mass is 459 g/mol. The van der Waals surface area contributed by atoms with E-state index in [0.717, 1.165) is 11.3 Å². The fourth-order valence-corrected chi connectivity index (χ4v) is 4.73. The van der Waals surface area contributed by atoms with Gasteiger partial charge in [0.25, 0.3) is 5.91 Å². The maximum absolute atomic E-state index is 13.8. The lowest BCUT2D eigenvalue weighted by Crippen LogP contribution is -2.25. The molecule has 0 unspecified atom stereocenters. The minimum atomic E-state index is -0.763. The summed E-state index contributed by atoms with van der Waals surface area (Å²) in [4.78, 5) is 50.8. The van der Waals surface area contributed by atoms with E-state index < -0.39 is 24.3 Å². The van der Waals surface area contributed by atoms with Crippen LogP contribution in [0.25, 0.3) is 10.1 Å². The number of amides is 1. The summed E-state index contributed by atoms with van der Waals surface area (Å²) in [7, 11) is 0. The van der Waals surface area contributed by atoms with Gasteiger partial charge < -0.3 is 10.1 Å². The lowest BCUT2D eigenvalue weighted by Gasteiger charge is -2.20. The highest BCUT2D eigenvalue weighted by Gasteiger charge is 2.31. The van der Waals surface area contributed by atoms with Gasteiger partial charge in [0.2, 0.25) is 0 Å². The summed E-state index contributed by atoms with van der Waals surface area (Å²) in [6.07, 6.45) is 0. The fraction of sp³-hybridized carbons (Fsp3) is 0.0400. The SMILES string of the molecule is O=C(COC(=O)c1cc2c(F)cccc2s1)Nc1cccc2c1C(=O)c1ccccc1C2=O. The van der Waals surface area contributed by atoms with Gasteiger partial charge in [0, 0.05) is 26.8 Å². The molecule has 0 bridgehead atoms. The van der Waals surface area contributed by atoms with E-state index in [1.54, 1.807) is 42.5 Å². The van der Waals surface area contributed by atoms with Crippen LogP contribution in [-0.4, -0.2) is 30.0 Å². The number of hydrogen-bond donors (Lipinski definition) is 1. The number of rotatable bonds is 4. The smallest absolute Gasteiger partial charge is 0.348 e. The second-order valence-corrected chi connectivity index (χ2v) is 8.40. The number of ketones is 2. The van der Waals surface area contributed by atoms with E-state index in [-0.39, 0.29) is 38.8 Å². The molecule has 1 N–H and O–H groups in total. The highest BCUT2D eigenvalue weighted by Crippen LogP contribution is 2.32. The van der Waals surface area contributed by atoms with Crippen LogP contribution in [-0.2, 0) is 9.53 Å². The Morgan fingerprint density at radius 2 is 1.58 bits per heavy atom. The third-order valence-corrected chi connectivity index (χ3v) is 6.35. The molecule has 0 spiro atoms. The molecule has 8 heteroatoms. The molecule has 6 nitrogen and oxygen atoms in total. The molecule has 3 aromatic carbocycles. The standard InChI is InChI=1S/C25H14FNO5S/c26-17-8-4-10-19-16(17)11-20(33-19)25(31)32-12-21(28)27-18-9-3-7-15-22(18)24(30)14-6-2-1-5-13(14)23(15)29/h1-11H,12H2,(H,27,28). The molecule has 1 aromatic heterocycles. The van der Waals surface area contributed by atoms with Gasteiger partial charge in [-0.2, -0.15) is 0 Å². The first kappa shape index (κ1) is 20.7. The maximum atomic E-state index is 13.8. The zero-order chi connectivity index (χ0) is 23.1. The van der Waals surface area contributed by atoms with Crippen molar-refractivity contribution in [2.75, 3.05) is 11.9 Å². The Morgan fingerprint density at radius 3 is 2.33 bits per heavy atom. The van der Waals surface area contributed by atoms with Gasteiger partial charge in [0.15, 0.2) is 18.2 Å². The van der Waals surface area contributed by atoms with E-state index in [9.17, 15) is 23.6 Å². The van der Waals surface area contributed by atoms with Crippen LogP contribution in [0.5, 0.6) is 0 Å². The summed E-state index contributed by atoms with van der Waals surface area (Å²) >= 11 is 1.06. The number of benzene rings is 3. The first-order chi connectivity index (χ1) is 15.9. The van der Waals surface area contributed by atoms with Crippen LogP contribution < -0.4 is 5.32 Å². The third kappa shape index (κ3) is 3.60. The molecule has 4 aromatic rings. The molecule has 0 saturated carbocycles. The van der Waals surface area contributed by atoms with Crippen LogP contribution in [0.2, 0.25) is 0 Å². The van der Waals surface area contributed by atoms with Crippen LogP contribution in [0.3, 0.4) is 0 Å². The molecule has 1 heterocycles. The van der Waals surface area contributed by atoms with Crippen LogP contribution in [0, 0.1) is 5.82 Å². The summed E-state index contributed by atoms with van der Waals surface area (Å²) in [5, 5.41) is 2.85. The average molecular weight is 459 g/mol. The van der Waals surface area contributed by atoms with Crippen molar-refractivity contribution in [2.24, 2.45) is 0 Å². The first-order valence-corrected chi connectivity index (χ1v) is 10.7. The van der Waals surface area contributed by atoms with Crippen molar-refractivity contribution in [3.8, 4) is 0 Å². The van der Waals surface area contributed by atoms with E-state index in [0.29, 0.717) is 15.6 Å². The topological polar surface area (TPSA) is 89.5 Å². The van der Waals surface area contributed by atoms with E-state index in [2.05, 4.69) is 5.32 Å². The number of ether oxygens (including phenoxy) is 1. The van der Waals surface area contributed by atoms with Crippen molar-refractivity contribution >= 4 is 50.6 Å².